The Morgan fingerprint density at radius 3 is 1.31 bits per heavy atom. The lowest BCUT2D eigenvalue weighted by atomic mass is 10.2. The molecule has 0 aromatic carbocycles. The molecule has 0 radical (unpaired) electrons. The van der Waals surface area contributed by atoms with Crippen LogP contribution in [0.3, 0.4) is 0 Å². The number of hydrogen-bond donors (Lipinski definition) is 0. The van der Waals surface area contributed by atoms with Crippen LogP contribution in [0.5, 0.6) is 0 Å². The van der Waals surface area contributed by atoms with Crippen LogP contribution in [0.1, 0.15) is 46.0 Å². The number of halogens is 4. The van der Waals surface area contributed by atoms with Crippen LogP contribution in [-0.2, 0) is 0 Å². The first-order chi connectivity index (χ1) is 5.97. The third kappa shape index (κ3) is 24.6. The van der Waals surface area contributed by atoms with E-state index in [9.17, 15) is 0 Å². The lowest BCUT2D eigenvalue weighted by Crippen LogP contribution is -2.01. The van der Waals surface area contributed by atoms with Gasteiger partial charge in [0.1, 0.15) is 0 Å². The monoisotopic (exact) mass is 266 g/mol. The Balaban J connectivity index is 0. The van der Waals surface area contributed by atoms with Crippen molar-refractivity contribution in [3.63, 3.8) is 0 Å². The maximum Gasteiger partial charge on any atom is 0.203 e. The molecule has 0 N–H and O–H groups in total. The molecular formula is C9H18Cl4. The highest BCUT2D eigenvalue weighted by atomic mass is 35.6. The maximum atomic E-state index is 5.12. The quantitative estimate of drug-likeness (QED) is 0.461. The van der Waals surface area contributed by atoms with E-state index in [-0.39, 0.29) is 5.88 Å². The largest absolute Gasteiger partial charge is 0.203 e. The standard InChI is InChI=1S/C7H16.C2H2Cl4/c1-3-5-7-6-4-2;3-1-2(4,5)6/h3-7H2,1-2H3;1H2. The number of rotatable bonds is 4. The van der Waals surface area contributed by atoms with Gasteiger partial charge in [0.05, 0.1) is 5.88 Å². The molecule has 0 bridgehead atoms. The summed E-state index contributed by atoms with van der Waals surface area (Å²) in [7, 11) is 0. The highest BCUT2D eigenvalue weighted by Gasteiger charge is 2.16. The van der Waals surface area contributed by atoms with Gasteiger partial charge in [-0.3, -0.25) is 0 Å². The molecule has 4 heteroatoms. The zero-order valence-corrected chi connectivity index (χ0v) is 11.3. The van der Waals surface area contributed by atoms with E-state index in [0.29, 0.717) is 0 Å². The van der Waals surface area contributed by atoms with Crippen molar-refractivity contribution in [2.24, 2.45) is 0 Å². The third-order valence-electron chi connectivity index (χ3n) is 1.36. The second kappa shape index (κ2) is 11.2. The summed E-state index contributed by atoms with van der Waals surface area (Å²) in [6.07, 6.45) is 7.01. The van der Waals surface area contributed by atoms with Crippen LogP contribution in [0.4, 0.5) is 0 Å². The predicted octanol–water partition coefficient (Wildman–Crippen LogP) is 5.57. The van der Waals surface area contributed by atoms with Crippen molar-refractivity contribution in [2.75, 3.05) is 5.88 Å². The molecule has 0 fully saturated rings. The second-order valence-electron chi connectivity index (χ2n) is 2.81. The zero-order chi connectivity index (χ0) is 10.7. The molecule has 0 heterocycles. The Labute approximate surface area is 102 Å². The Bertz CT molecular complexity index is 84.1. The first-order valence-electron chi connectivity index (χ1n) is 4.60. The van der Waals surface area contributed by atoms with Gasteiger partial charge in [0.15, 0.2) is 0 Å². The van der Waals surface area contributed by atoms with Crippen LogP contribution >= 0.6 is 46.4 Å². The van der Waals surface area contributed by atoms with Gasteiger partial charge in [0.25, 0.3) is 0 Å². The molecule has 0 amide bonds. The molecule has 0 rings (SSSR count). The number of unbranched alkanes of at least 4 members (excludes halogenated alkanes) is 4. The fraction of sp³-hybridized carbons (Fsp3) is 1.00. The molecule has 0 saturated heterocycles. The van der Waals surface area contributed by atoms with Crippen molar-refractivity contribution in [3.05, 3.63) is 0 Å². The van der Waals surface area contributed by atoms with Gasteiger partial charge < -0.3 is 0 Å². The van der Waals surface area contributed by atoms with E-state index in [4.69, 9.17) is 46.4 Å². The summed E-state index contributed by atoms with van der Waals surface area (Å²) in [6, 6.07) is 0. The van der Waals surface area contributed by atoms with Gasteiger partial charge in [-0.2, -0.15) is 0 Å². The number of alkyl halides is 4. The van der Waals surface area contributed by atoms with E-state index in [1.807, 2.05) is 0 Å². The van der Waals surface area contributed by atoms with Crippen molar-refractivity contribution >= 4 is 46.4 Å². The smallest absolute Gasteiger partial charge is 0.122 e. The van der Waals surface area contributed by atoms with Gasteiger partial charge in [0.2, 0.25) is 3.79 Å². The minimum atomic E-state index is -1.28. The molecule has 82 valence electrons. The molecule has 0 spiro atoms. The Morgan fingerprint density at radius 1 is 0.846 bits per heavy atom. The molecular weight excluding hydrogens is 250 g/mol. The van der Waals surface area contributed by atoms with E-state index in [1.54, 1.807) is 0 Å². The van der Waals surface area contributed by atoms with Crippen molar-refractivity contribution in [3.8, 4) is 0 Å². The van der Waals surface area contributed by atoms with Gasteiger partial charge in [-0.1, -0.05) is 80.8 Å². The summed E-state index contributed by atoms with van der Waals surface area (Å²) in [5, 5.41) is 0. The van der Waals surface area contributed by atoms with E-state index in [0.717, 1.165) is 0 Å². The fourth-order valence-corrected chi connectivity index (χ4v) is 0.677. The summed E-state index contributed by atoms with van der Waals surface area (Å²) in [5.74, 6) is 0.0394. The normalized spacial score (nSPS) is 10.6. The van der Waals surface area contributed by atoms with Gasteiger partial charge in [0, 0.05) is 0 Å². The first kappa shape index (κ1) is 16.6. The van der Waals surface area contributed by atoms with Crippen LogP contribution in [0, 0.1) is 0 Å². The summed E-state index contributed by atoms with van der Waals surface area (Å²) in [5.41, 5.74) is 0. The lowest BCUT2D eigenvalue weighted by Gasteiger charge is -2.00. The van der Waals surface area contributed by atoms with E-state index >= 15 is 0 Å². The molecule has 0 saturated carbocycles. The summed E-state index contributed by atoms with van der Waals surface area (Å²) < 4.78 is -1.28. The summed E-state index contributed by atoms with van der Waals surface area (Å²) in [4.78, 5) is 0. The number of hydrogen-bond acceptors (Lipinski definition) is 0. The van der Waals surface area contributed by atoms with Crippen molar-refractivity contribution < 1.29 is 0 Å². The predicted molar refractivity (Wildman–Crippen MR) is 65.4 cm³/mol. The highest BCUT2D eigenvalue weighted by molar-refractivity contribution is 6.69. The summed E-state index contributed by atoms with van der Waals surface area (Å²) >= 11 is 20.4. The molecule has 13 heavy (non-hydrogen) atoms. The minimum Gasteiger partial charge on any atom is -0.122 e. The minimum absolute atomic E-state index is 0.0394. The van der Waals surface area contributed by atoms with Gasteiger partial charge in [-0.05, 0) is 0 Å². The first-order valence-corrected chi connectivity index (χ1v) is 6.27. The topological polar surface area (TPSA) is 0 Å². The third-order valence-corrected chi connectivity index (χ3v) is 2.57. The molecule has 0 unspecified atom stereocenters. The van der Waals surface area contributed by atoms with E-state index in [1.165, 1.54) is 32.1 Å². The molecule has 0 aliphatic rings. The molecule has 0 atom stereocenters. The second-order valence-corrected chi connectivity index (χ2v) is 5.59. The summed E-state index contributed by atoms with van der Waals surface area (Å²) in [6.45, 7) is 4.49. The van der Waals surface area contributed by atoms with Gasteiger partial charge in [-0.25, -0.2) is 0 Å². The molecule has 0 aliphatic heterocycles. The Hall–Kier alpha value is 1.16. The Morgan fingerprint density at radius 2 is 1.15 bits per heavy atom. The van der Waals surface area contributed by atoms with Crippen molar-refractivity contribution in [1.82, 2.24) is 0 Å². The maximum absolute atomic E-state index is 5.12. The Kier molecular flexibility index (Phi) is 14.3. The lowest BCUT2D eigenvalue weighted by molar-refractivity contribution is 0.656. The van der Waals surface area contributed by atoms with Gasteiger partial charge >= 0.3 is 0 Å². The highest BCUT2D eigenvalue weighted by Crippen LogP contribution is 2.26. The van der Waals surface area contributed by atoms with E-state index in [2.05, 4.69) is 13.8 Å². The van der Waals surface area contributed by atoms with Crippen LogP contribution in [0.25, 0.3) is 0 Å². The van der Waals surface area contributed by atoms with Crippen LogP contribution in [0.15, 0.2) is 0 Å². The molecule has 0 nitrogen and oxygen atoms in total. The van der Waals surface area contributed by atoms with Crippen molar-refractivity contribution in [2.45, 2.75) is 49.7 Å². The van der Waals surface area contributed by atoms with Crippen LogP contribution in [0.2, 0.25) is 0 Å². The van der Waals surface area contributed by atoms with Crippen LogP contribution < -0.4 is 0 Å². The average molecular weight is 268 g/mol. The van der Waals surface area contributed by atoms with Crippen molar-refractivity contribution in [1.29, 1.82) is 0 Å². The van der Waals surface area contributed by atoms with Crippen LogP contribution in [-0.4, -0.2) is 9.67 Å². The zero-order valence-electron chi connectivity index (χ0n) is 8.25. The van der Waals surface area contributed by atoms with E-state index < -0.39 is 3.79 Å². The SMILES string of the molecule is CCCCCCC.ClCC(Cl)(Cl)Cl. The average Bonchev–Trinajstić information content (AvgIpc) is 2.06. The van der Waals surface area contributed by atoms with Gasteiger partial charge in [-0.15, -0.1) is 11.6 Å². The fourth-order valence-electron chi connectivity index (χ4n) is 0.677. The molecule has 0 aromatic rings. The molecule has 0 aliphatic carbocycles. The molecule has 0 aromatic heterocycles.